The lowest BCUT2D eigenvalue weighted by Crippen LogP contribution is -2.53. The molecule has 1 N–H and O–H groups in total. The lowest BCUT2D eigenvalue weighted by Gasteiger charge is -2.27. The van der Waals surface area contributed by atoms with Gasteiger partial charge in [-0.1, -0.05) is 38.2 Å². The predicted molar refractivity (Wildman–Crippen MR) is 67.0 cm³/mol. The largest absolute Gasteiger partial charge is 0.460 e. The van der Waals surface area contributed by atoms with Crippen molar-refractivity contribution in [2.75, 3.05) is 13.2 Å². The molecule has 0 aromatic rings. The average molecular weight is 253 g/mol. The number of carbonyl (C=O) groups excluding carboxylic acids is 2. The highest BCUT2D eigenvalue weighted by Crippen LogP contribution is 2.31. The summed E-state index contributed by atoms with van der Waals surface area (Å²) in [5.74, 6) is -0.421. The van der Waals surface area contributed by atoms with Gasteiger partial charge in [-0.05, 0) is 12.8 Å². The standard InChI is InChI=1S/C13H19NO4/c1-3-9-17-11(15)13(7-5-6-8-13)14-12(16)18-10-4-2/h3-4H,1-2,5-10H2,(H,14,16). The summed E-state index contributed by atoms with van der Waals surface area (Å²) in [6, 6.07) is 0. The smallest absolute Gasteiger partial charge is 0.408 e. The molecular weight excluding hydrogens is 234 g/mol. The van der Waals surface area contributed by atoms with Gasteiger partial charge in [-0.25, -0.2) is 9.59 Å². The van der Waals surface area contributed by atoms with Crippen LogP contribution in [0.3, 0.4) is 0 Å². The Hall–Kier alpha value is -1.78. The third kappa shape index (κ3) is 3.61. The Labute approximate surface area is 107 Å². The predicted octanol–water partition coefficient (Wildman–Crippen LogP) is 1.94. The third-order valence-electron chi connectivity index (χ3n) is 2.85. The van der Waals surface area contributed by atoms with Crippen LogP contribution < -0.4 is 5.32 Å². The zero-order valence-electron chi connectivity index (χ0n) is 10.4. The molecule has 0 unspecified atom stereocenters. The van der Waals surface area contributed by atoms with Gasteiger partial charge in [0.1, 0.15) is 18.8 Å². The van der Waals surface area contributed by atoms with Gasteiger partial charge in [0, 0.05) is 0 Å². The highest BCUT2D eigenvalue weighted by Gasteiger charge is 2.44. The van der Waals surface area contributed by atoms with E-state index in [2.05, 4.69) is 18.5 Å². The minimum Gasteiger partial charge on any atom is -0.460 e. The van der Waals surface area contributed by atoms with Crippen LogP contribution in [0.1, 0.15) is 25.7 Å². The lowest BCUT2D eigenvalue weighted by atomic mass is 9.98. The number of ether oxygens (including phenoxy) is 2. The average Bonchev–Trinajstić information content (AvgIpc) is 2.83. The SMILES string of the molecule is C=CCOC(=O)NC1(C(=O)OCC=C)CCCC1. The molecule has 18 heavy (non-hydrogen) atoms. The number of hydrogen-bond acceptors (Lipinski definition) is 4. The molecule has 0 spiro atoms. The van der Waals surface area contributed by atoms with E-state index in [1.807, 2.05) is 0 Å². The molecule has 1 aliphatic rings. The molecule has 0 aromatic carbocycles. The number of amides is 1. The van der Waals surface area contributed by atoms with E-state index in [0.29, 0.717) is 12.8 Å². The monoisotopic (exact) mass is 253 g/mol. The van der Waals surface area contributed by atoms with Crippen molar-refractivity contribution in [1.29, 1.82) is 0 Å². The fourth-order valence-electron chi connectivity index (χ4n) is 2.00. The van der Waals surface area contributed by atoms with Gasteiger partial charge >= 0.3 is 12.1 Å². The van der Waals surface area contributed by atoms with Crippen molar-refractivity contribution in [1.82, 2.24) is 5.32 Å². The van der Waals surface area contributed by atoms with Crippen molar-refractivity contribution in [3.63, 3.8) is 0 Å². The number of esters is 1. The molecule has 0 atom stereocenters. The van der Waals surface area contributed by atoms with Gasteiger partial charge in [-0.2, -0.15) is 0 Å². The van der Waals surface area contributed by atoms with Crippen molar-refractivity contribution in [3.8, 4) is 0 Å². The van der Waals surface area contributed by atoms with Gasteiger partial charge in [0.15, 0.2) is 0 Å². The van der Waals surface area contributed by atoms with Crippen molar-refractivity contribution in [3.05, 3.63) is 25.3 Å². The van der Waals surface area contributed by atoms with Crippen LogP contribution in [0, 0.1) is 0 Å². The highest BCUT2D eigenvalue weighted by molar-refractivity contribution is 5.86. The minimum atomic E-state index is -0.943. The van der Waals surface area contributed by atoms with E-state index in [9.17, 15) is 9.59 Å². The summed E-state index contributed by atoms with van der Waals surface area (Å²) in [5, 5.41) is 2.62. The Balaban J connectivity index is 2.62. The van der Waals surface area contributed by atoms with E-state index in [1.165, 1.54) is 12.2 Å². The number of carbonyl (C=O) groups is 2. The molecule has 0 radical (unpaired) electrons. The maximum atomic E-state index is 12.0. The Morgan fingerprint density at radius 3 is 2.22 bits per heavy atom. The van der Waals surface area contributed by atoms with Crippen molar-refractivity contribution in [2.24, 2.45) is 0 Å². The fourth-order valence-corrected chi connectivity index (χ4v) is 2.00. The van der Waals surface area contributed by atoms with Crippen LogP contribution in [-0.4, -0.2) is 30.8 Å². The van der Waals surface area contributed by atoms with Gasteiger partial charge in [0.25, 0.3) is 0 Å². The van der Waals surface area contributed by atoms with E-state index >= 15 is 0 Å². The first-order valence-electron chi connectivity index (χ1n) is 5.98. The van der Waals surface area contributed by atoms with Gasteiger partial charge < -0.3 is 14.8 Å². The molecule has 1 aliphatic carbocycles. The second-order valence-electron chi connectivity index (χ2n) is 4.19. The van der Waals surface area contributed by atoms with Crippen LogP contribution in [0.5, 0.6) is 0 Å². The van der Waals surface area contributed by atoms with Crippen LogP contribution in [0.2, 0.25) is 0 Å². The summed E-state index contributed by atoms with van der Waals surface area (Å²) in [4.78, 5) is 23.5. The zero-order valence-corrected chi connectivity index (χ0v) is 10.4. The van der Waals surface area contributed by atoms with Gasteiger partial charge in [-0.15, -0.1) is 0 Å². The molecule has 0 heterocycles. The second-order valence-corrected chi connectivity index (χ2v) is 4.19. The first-order chi connectivity index (χ1) is 8.64. The summed E-state index contributed by atoms with van der Waals surface area (Å²) < 4.78 is 9.87. The number of alkyl carbamates (subject to hydrolysis) is 1. The van der Waals surface area contributed by atoms with Gasteiger partial charge in [0.05, 0.1) is 0 Å². The molecule has 5 nitrogen and oxygen atoms in total. The van der Waals surface area contributed by atoms with Crippen LogP contribution in [0.25, 0.3) is 0 Å². The first-order valence-corrected chi connectivity index (χ1v) is 5.98. The summed E-state index contributed by atoms with van der Waals surface area (Å²) >= 11 is 0. The van der Waals surface area contributed by atoms with E-state index in [-0.39, 0.29) is 13.2 Å². The van der Waals surface area contributed by atoms with Gasteiger partial charge in [-0.3, -0.25) is 0 Å². The number of nitrogens with one attached hydrogen (secondary N) is 1. The zero-order chi connectivity index (χ0) is 13.4. The highest BCUT2D eigenvalue weighted by atomic mass is 16.6. The van der Waals surface area contributed by atoms with Crippen LogP contribution in [0.4, 0.5) is 4.79 Å². The van der Waals surface area contributed by atoms with Crippen LogP contribution in [0.15, 0.2) is 25.3 Å². The molecule has 1 amide bonds. The molecular formula is C13H19NO4. The summed E-state index contributed by atoms with van der Waals surface area (Å²) in [6.07, 6.45) is 5.26. The van der Waals surface area contributed by atoms with Crippen molar-refractivity contribution >= 4 is 12.1 Å². The molecule has 0 saturated heterocycles. The third-order valence-corrected chi connectivity index (χ3v) is 2.85. The molecule has 100 valence electrons. The first kappa shape index (κ1) is 14.3. The second kappa shape index (κ2) is 6.83. The Kier molecular flexibility index (Phi) is 5.42. The summed E-state index contributed by atoms with van der Waals surface area (Å²) in [6.45, 7) is 7.19. The molecule has 0 bridgehead atoms. The quantitative estimate of drug-likeness (QED) is 0.580. The lowest BCUT2D eigenvalue weighted by molar-refractivity contribution is -0.150. The molecule has 1 saturated carbocycles. The number of hydrogen-bond donors (Lipinski definition) is 1. The summed E-state index contributed by atoms with van der Waals surface area (Å²) in [7, 11) is 0. The fraction of sp³-hybridized carbons (Fsp3) is 0.538. The topological polar surface area (TPSA) is 64.6 Å². The van der Waals surface area contributed by atoms with E-state index in [0.717, 1.165) is 12.8 Å². The molecule has 1 rings (SSSR count). The molecule has 0 aliphatic heterocycles. The molecule has 0 aromatic heterocycles. The molecule has 1 fully saturated rings. The number of rotatable bonds is 6. The van der Waals surface area contributed by atoms with Crippen molar-refractivity contribution < 1.29 is 19.1 Å². The normalized spacial score (nSPS) is 16.7. The summed E-state index contributed by atoms with van der Waals surface area (Å²) in [5.41, 5.74) is -0.943. The minimum absolute atomic E-state index is 0.115. The van der Waals surface area contributed by atoms with E-state index in [1.54, 1.807) is 0 Å². The van der Waals surface area contributed by atoms with E-state index < -0.39 is 17.6 Å². The van der Waals surface area contributed by atoms with Crippen LogP contribution in [-0.2, 0) is 14.3 Å². The maximum absolute atomic E-state index is 12.0. The maximum Gasteiger partial charge on any atom is 0.408 e. The van der Waals surface area contributed by atoms with Gasteiger partial charge in [0.2, 0.25) is 0 Å². The Bertz CT molecular complexity index is 332. The molecule has 5 heteroatoms. The van der Waals surface area contributed by atoms with E-state index in [4.69, 9.17) is 9.47 Å². The Morgan fingerprint density at radius 2 is 1.67 bits per heavy atom. The van der Waals surface area contributed by atoms with Crippen LogP contribution >= 0.6 is 0 Å². The Morgan fingerprint density at radius 1 is 1.11 bits per heavy atom. The van der Waals surface area contributed by atoms with Crippen molar-refractivity contribution in [2.45, 2.75) is 31.2 Å².